The van der Waals surface area contributed by atoms with Gasteiger partial charge in [-0.2, -0.15) is 0 Å². The van der Waals surface area contributed by atoms with Gasteiger partial charge in [0, 0.05) is 18.8 Å². The number of carbonyl (C=O) groups is 3. The van der Waals surface area contributed by atoms with Crippen molar-refractivity contribution in [3.05, 3.63) is 48.6 Å². The lowest BCUT2D eigenvalue weighted by Crippen LogP contribution is -2.29. The summed E-state index contributed by atoms with van der Waals surface area (Å²) in [7, 11) is -4.67. The summed E-state index contributed by atoms with van der Waals surface area (Å²) >= 11 is 0. The van der Waals surface area contributed by atoms with E-state index in [1.807, 2.05) is 24.3 Å². The van der Waals surface area contributed by atoms with Crippen LogP contribution in [0.5, 0.6) is 0 Å². The highest BCUT2D eigenvalue weighted by molar-refractivity contribution is 7.47. The third-order valence-electron chi connectivity index (χ3n) is 9.70. The molecule has 13 heteroatoms. The average molecular weight is 827 g/mol. The molecule has 12 nitrogen and oxygen atoms in total. The quantitative estimate of drug-likeness (QED) is 0.0202. The minimum Gasteiger partial charge on any atom is -0.462 e. The van der Waals surface area contributed by atoms with Crippen LogP contribution in [0.2, 0.25) is 0 Å². The predicted octanol–water partition coefficient (Wildman–Crippen LogP) is 8.95. The van der Waals surface area contributed by atoms with Crippen molar-refractivity contribution < 1.29 is 57.7 Å². The van der Waals surface area contributed by atoms with Crippen LogP contribution in [0.4, 0.5) is 0 Å². The first kappa shape index (κ1) is 52.6. The fourth-order valence-electron chi connectivity index (χ4n) is 6.21. The minimum absolute atomic E-state index is 0.0101. The number of ketones is 1. The molecule has 0 radical (unpaired) electrons. The smallest absolute Gasteiger partial charge is 0.462 e. The highest BCUT2D eigenvalue weighted by Gasteiger charge is 2.28. The number of esters is 2. The lowest BCUT2D eigenvalue weighted by atomic mass is 9.90. The topological polar surface area (TPSA) is 186 Å². The second-order valence-electron chi connectivity index (χ2n) is 15.0. The van der Waals surface area contributed by atoms with Crippen LogP contribution in [0.25, 0.3) is 0 Å². The molecule has 4 N–H and O–H groups in total. The Hall–Kier alpha value is -2.44. The molecule has 0 heterocycles. The number of unbranched alkanes of at least 4 members (excludes halogenated alkanes) is 14. The first-order valence-electron chi connectivity index (χ1n) is 21.7. The molecular weight excluding hydrogens is 751 g/mol. The zero-order valence-corrected chi connectivity index (χ0v) is 35.8. The van der Waals surface area contributed by atoms with Crippen LogP contribution in [0.1, 0.15) is 155 Å². The Labute approximate surface area is 342 Å². The molecule has 328 valence electrons. The van der Waals surface area contributed by atoms with Gasteiger partial charge >= 0.3 is 19.8 Å². The molecule has 1 unspecified atom stereocenters. The van der Waals surface area contributed by atoms with E-state index in [2.05, 4.69) is 30.5 Å². The molecule has 0 bridgehead atoms. The molecule has 6 atom stereocenters. The molecule has 1 rings (SSSR count). The molecule has 0 fully saturated rings. The lowest BCUT2D eigenvalue weighted by molar-refractivity contribution is -0.161. The van der Waals surface area contributed by atoms with Crippen molar-refractivity contribution in [3.8, 4) is 0 Å². The standard InChI is InChI=1S/C44H75O12P/c1-3-5-7-8-9-10-11-12-13-14-15-16-17-18-24-28-44(50)56-40(36-55-57(51,52)54-34-39(47)33-45)35-53-43(49)27-23-20-19-22-25-37-29-32-42(48)41(37)31-30-38(46)26-21-6-4-2/h12-13,19,22,29-32,37-41,45-47H,3-11,14-18,20-21,23-28,33-36H2,1-2H3,(H,51,52)/b13-12-,22-19-,31-30+/t37-,38-,39-,40+,41+/m0/s1. The largest absolute Gasteiger partial charge is 0.472 e. The number of hydrogen-bond donors (Lipinski definition) is 4. The number of ether oxygens (including phenoxy) is 2. The van der Waals surface area contributed by atoms with Crippen molar-refractivity contribution in [1.82, 2.24) is 0 Å². The summed E-state index contributed by atoms with van der Waals surface area (Å²) in [5, 5.41) is 28.6. The van der Waals surface area contributed by atoms with E-state index in [1.165, 1.54) is 38.5 Å². The van der Waals surface area contributed by atoms with Gasteiger partial charge in [-0.25, -0.2) is 4.57 Å². The molecule has 1 aliphatic rings. The number of hydrogen-bond acceptors (Lipinski definition) is 11. The Bertz CT molecular complexity index is 1230. The molecule has 1 aliphatic carbocycles. The molecule has 0 aliphatic heterocycles. The van der Waals surface area contributed by atoms with Crippen LogP contribution in [-0.4, -0.2) is 82.7 Å². The fourth-order valence-corrected chi connectivity index (χ4v) is 7.00. The summed E-state index contributed by atoms with van der Waals surface area (Å²) < 4.78 is 32.7. The second-order valence-corrected chi connectivity index (χ2v) is 16.5. The first-order valence-corrected chi connectivity index (χ1v) is 23.1. The van der Waals surface area contributed by atoms with Crippen molar-refractivity contribution >= 4 is 25.5 Å². The van der Waals surface area contributed by atoms with E-state index in [-0.39, 0.29) is 30.5 Å². The molecule has 0 aromatic carbocycles. The van der Waals surface area contributed by atoms with E-state index in [0.29, 0.717) is 32.1 Å². The number of aliphatic hydroxyl groups excluding tert-OH is 3. The summed E-state index contributed by atoms with van der Waals surface area (Å²) in [6.45, 7) is 2.03. The van der Waals surface area contributed by atoms with Gasteiger partial charge in [0.05, 0.1) is 25.9 Å². The monoisotopic (exact) mass is 826 g/mol. The van der Waals surface area contributed by atoms with E-state index < -0.39 is 64.5 Å². The molecule has 0 aromatic heterocycles. The summed E-state index contributed by atoms with van der Waals surface area (Å²) in [4.78, 5) is 47.5. The molecule has 57 heavy (non-hydrogen) atoms. The Morgan fingerprint density at radius 1 is 0.754 bits per heavy atom. The summed E-state index contributed by atoms with van der Waals surface area (Å²) in [5.74, 6) is -1.34. The minimum atomic E-state index is -4.67. The average Bonchev–Trinajstić information content (AvgIpc) is 3.55. The number of carbonyl (C=O) groups excluding carboxylic acids is 3. The van der Waals surface area contributed by atoms with Gasteiger partial charge in [-0.05, 0) is 69.8 Å². The fraction of sp³-hybridized carbons (Fsp3) is 0.750. The van der Waals surface area contributed by atoms with Crippen molar-refractivity contribution in [3.63, 3.8) is 0 Å². The van der Waals surface area contributed by atoms with Gasteiger partial charge < -0.3 is 29.7 Å². The SMILES string of the molecule is CCCCCCCC/C=C\CCCCCCCC(=O)O[C@H](COC(=O)CCC/C=C\C[C@H]1C=CC(=O)[C@@H]1/C=C/[C@@H](O)CCCCC)COP(=O)(O)OC[C@@H](O)CO. The Morgan fingerprint density at radius 2 is 1.33 bits per heavy atom. The maximum Gasteiger partial charge on any atom is 0.472 e. The van der Waals surface area contributed by atoms with Gasteiger partial charge in [0.1, 0.15) is 12.7 Å². The highest BCUT2D eigenvalue weighted by atomic mass is 31.2. The molecule has 0 spiro atoms. The van der Waals surface area contributed by atoms with E-state index in [4.69, 9.17) is 19.1 Å². The predicted molar refractivity (Wildman–Crippen MR) is 223 cm³/mol. The van der Waals surface area contributed by atoms with Crippen LogP contribution >= 0.6 is 7.82 Å². The molecule has 0 saturated heterocycles. The zero-order chi connectivity index (χ0) is 42.0. The third kappa shape index (κ3) is 29.4. The lowest BCUT2D eigenvalue weighted by Gasteiger charge is -2.20. The van der Waals surface area contributed by atoms with Gasteiger partial charge in [0.15, 0.2) is 11.9 Å². The summed E-state index contributed by atoms with van der Waals surface area (Å²) in [5.41, 5.74) is 0. The van der Waals surface area contributed by atoms with Gasteiger partial charge in [-0.15, -0.1) is 0 Å². The van der Waals surface area contributed by atoms with Crippen LogP contribution in [-0.2, 0) is 37.5 Å². The Balaban J connectivity index is 2.44. The van der Waals surface area contributed by atoms with Crippen LogP contribution in [0, 0.1) is 11.8 Å². The van der Waals surface area contributed by atoms with Crippen LogP contribution in [0.15, 0.2) is 48.6 Å². The first-order chi connectivity index (χ1) is 27.5. The number of phosphoric ester groups is 1. The zero-order valence-electron chi connectivity index (χ0n) is 34.9. The second kappa shape index (κ2) is 34.4. The molecule has 0 saturated carbocycles. The molecule has 0 amide bonds. The van der Waals surface area contributed by atoms with Gasteiger partial charge in [-0.1, -0.05) is 127 Å². The van der Waals surface area contributed by atoms with E-state index in [0.717, 1.165) is 57.8 Å². The summed E-state index contributed by atoms with van der Waals surface area (Å²) in [6, 6.07) is 0. The Kier molecular flexibility index (Phi) is 31.8. The van der Waals surface area contributed by atoms with Gasteiger partial charge in [0.2, 0.25) is 0 Å². The van der Waals surface area contributed by atoms with Crippen molar-refractivity contribution in [1.29, 1.82) is 0 Å². The van der Waals surface area contributed by atoms with Gasteiger partial charge in [-0.3, -0.25) is 23.4 Å². The number of rotatable bonds is 37. The summed E-state index contributed by atoms with van der Waals surface area (Å²) in [6.07, 6.45) is 32.8. The highest BCUT2D eigenvalue weighted by Crippen LogP contribution is 2.43. The number of aliphatic hydroxyl groups is 3. The van der Waals surface area contributed by atoms with E-state index in [9.17, 15) is 34.1 Å². The third-order valence-corrected chi connectivity index (χ3v) is 10.7. The van der Waals surface area contributed by atoms with E-state index >= 15 is 0 Å². The van der Waals surface area contributed by atoms with Gasteiger partial charge in [0.25, 0.3) is 0 Å². The van der Waals surface area contributed by atoms with Crippen LogP contribution < -0.4 is 0 Å². The number of phosphoric acid groups is 1. The van der Waals surface area contributed by atoms with Crippen LogP contribution in [0.3, 0.4) is 0 Å². The van der Waals surface area contributed by atoms with Crippen molar-refractivity contribution in [2.45, 2.75) is 173 Å². The van der Waals surface area contributed by atoms with Crippen molar-refractivity contribution in [2.24, 2.45) is 11.8 Å². The number of allylic oxidation sites excluding steroid dienone is 7. The van der Waals surface area contributed by atoms with E-state index in [1.54, 1.807) is 12.2 Å². The maximum absolute atomic E-state index is 12.6. The molecule has 0 aromatic rings. The Morgan fingerprint density at radius 3 is 2.02 bits per heavy atom. The normalized spacial score (nSPS) is 18.5. The maximum atomic E-state index is 12.6. The molecular formula is C44H75O12P. The van der Waals surface area contributed by atoms with Crippen molar-refractivity contribution in [2.75, 3.05) is 26.4 Å².